The van der Waals surface area contributed by atoms with Crippen molar-refractivity contribution in [3.63, 3.8) is 0 Å². The molecule has 0 aromatic heterocycles. The molecule has 0 spiro atoms. The summed E-state index contributed by atoms with van der Waals surface area (Å²) in [4.78, 5) is 6.81. The van der Waals surface area contributed by atoms with Gasteiger partial charge in [-0.1, -0.05) is 25.0 Å². The van der Waals surface area contributed by atoms with Crippen molar-refractivity contribution in [1.82, 2.24) is 10.2 Å². The minimum atomic E-state index is -0.188. The number of nitrogens with one attached hydrogen (secondary N) is 1. The number of guanidine groups is 1. The highest BCUT2D eigenvalue weighted by Gasteiger charge is 2.35. The Balaban J connectivity index is 0.00000176. The average molecular weight is 417 g/mol. The Morgan fingerprint density at radius 2 is 1.77 bits per heavy atom. The summed E-state index contributed by atoms with van der Waals surface area (Å²) in [5, 5.41) is 3.41. The number of hydrogen-bond acceptors (Lipinski definition) is 1. The SMILES string of the molecule is CN=C(NCc1ccc(F)cc1)N1CC2CCCCC2C1.I. The molecule has 1 aromatic carbocycles. The van der Waals surface area contributed by atoms with Crippen LogP contribution in [0.5, 0.6) is 0 Å². The van der Waals surface area contributed by atoms with Crippen LogP contribution >= 0.6 is 24.0 Å². The fourth-order valence-electron chi connectivity index (χ4n) is 3.69. The fraction of sp³-hybridized carbons (Fsp3) is 0.588. The summed E-state index contributed by atoms with van der Waals surface area (Å²) in [5.74, 6) is 2.49. The van der Waals surface area contributed by atoms with Gasteiger partial charge >= 0.3 is 0 Å². The Morgan fingerprint density at radius 1 is 1.18 bits per heavy atom. The zero-order valence-electron chi connectivity index (χ0n) is 13.1. The molecule has 2 fully saturated rings. The summed E-state index contributed by atoms with van der Waals surface area (Å²) in [6, 6.07) is 6.65. The first-order valence-electron chi connectivity index (χ1n) is 7.96. The highest BCUT2D eigenvalue weighted by atomic mass is 127. The molecule has 1 heterocycles. The van der Waals surface area contributed by atoms with Crippen LogP contribution in [-0.4, -0.2) is 31.0 Å². The van der Waals surface area contributed by atoms with Crippen molar-refractivity contribution in [2.45, 2.75) is 32.2 Å². The molecule has 5 heteroatoms. The Morgan fingerprint density at radius 3 is 2.32 bits per heavy atom. The van der Waals surface area contributed by atoms with Crippen molar-refractivity contribution in [2.24, 2.45) is 16.8 Å². The van der Waals surface area contributed by atoms with Crippen molar-refractivity contribution < 1.29 is 4.39 Å². The number of likely N-dealkylation sites (tertiary alicyclic amines) is 1. The van der Waals surface area contributed by atoms with Gasteiger partial charge in [0.1, 0.15) is 5.82 Å². The molecule has 1 aliphatic carbocycles. The van der Waals surface area contributed by atoms with Gasteiger partial charge in [0.05, 0.1) is 0 Å². The molecule has 1 aromatic rings. The number of halogens is 2. The normalized spacial score (nSPS) is 24.6. The van der Waals surface area contributed by atoms with E-state index in [9.17, 15) is 4.39 Å². The summed E-state index contributed by atoms with van der Waals surface area (Å²) in [7, 11) is 1.84. The Bertz CT molecular complexity index is 489. The zero-order valence-corrected chi connectivity index (χ0v) is 15.4. The minimum Gasteiger partial charge on any atom is -0.352 e. The van der Waals surface area contributed by atoms with Gasteiger partial charge in [-0.05, 0) is 42.4 Å². The number of nitrogens with zero attached hydrogens (tertiary/aromatic N) is 2. The van der Waals surface area contributed by atoms with Crippen LogP contribution in [0.1, 0.15) is 31.2 Å². The van der Waals surface area contributed by atoms with E-state index in [1.54, 1.807) is 0 Å². The van der Waals surface area contributed by atoms with E-state index in [0.717, 1.165) is 36.4 Å². The quantitative estimate of drug-likeness (QED) is 0.452. The molecule has 0 bridgehead atoms. The maximum atomic E-state index is 12.9. The van der Waals surface area contributed by atoms with Gasteiger partial charge in [-0.25, -0.2) is 4.39 Å². The molecule has 3 rings (SSSR count). The van der Waals surface area contributed by atoms with E-state index < -0.39 is 0 Å². The van der Waals surface area contributed by atoms with Crippen LogP contribution in [0.4, 0.5) is 4.39 Å². The lowest BCUT2D eigenvalue weighted by atomic mass is 9.82. The van der Waals surface area contributed by atoms with E-state index in [4.69, 9.17) is 0 Å². The van der Waals surface area contributed by atoms with E-state index >= 15 is 0 Å². The molecule has 2 atom stereocenters. The molecular weight excluding hydrogens is 392 g/mol. The van der Waals surface area contributed by atoms with Gasteiger partial charge in [-0.2, -0.15) is 0 Å². The number of hydrogen-bond donors (Lipinski definition) is 1. The van der Waals surface area contributed by atoms with Gasteiger partial charge in [-0.15, -0.1) is 24.0 Å². The first kappa shape index (κ1) is 17.5. The summed E-state index contributed by atoms with van der Waals surface area (Å²) in [6.45, 7) is 2.96. The number of fused-ring (bicyclic) bond motifs is 1. The highest BCUT2D eigenvalue weighted by Crippen LogP contribution is 2.35. The summed E-state index contributed by atoms with van der Waals surface area (Å²) < 4.78 is 12.9. The van der Waals surface area contributed by atoms with Gasteiger partial charge in [0.25, 0.3) is 0 Å². The maximum absolute atomic E-state index is 12.9. The van der Waals surface area contributed by atoms with Crippen LogP contribution in [-0.2, 0) is 6.54 Å². The topological polar surface area (TPSA) is 27.6 Å². The monoisotopic (exact) mass is 417 g/mol. The largest absolute Gasteiger partial charge is 0.352 e. The van der Waals surface area contributed by atoms with Gasteiger partial charge in [-0.3, -0.25) is 4.99 Å². The Kier molecular flexibility index (Phi) is 6.47. The summed E-state index contributed by atoms with van der Waals surface area (Å²) >= 11 is 0. The lowest BCUT2D eigenvalue weighted by Crippen LogP contribution is -2.39. The van der Waals surface area contributed by atoms with Crippen LogP contribution in [0, 0.1) is 17.7 Å². The second-order valence-electron chi connectivity index (χ2n) is 6.24. The third-order valence-corrected chi connectivity index (χ3v) is 4.85. The molecule has 1 saturated carbocycles. The minimum absolute atomic E-state index is 0. The zero-order chi connectivity index (χ0) is 14.7. The van der Waals surface area contributed by atoms with E-state index in [1.165, 1.54) is 37.8 Å². The van der Waals surface area contributed by atoms with Gasteiger partial charge in [0, 0.05) is 26.7 Å². The van der Waals surface area contributed by atoms with Gasteiger partial charge in [0.2, 0.25) is 0 Å². The summed E-state index contributed by atoms with van der Waals surface area (Å²) in [5.41, 5.74) is 1.08. The van der Waals surface area contributed by atoms with E-state index in [1.807, 2.05) is 19.2 Å². The number of aliphatic imine (C=N–C) groups is 1. The first-order chi connectivity index (χ1) is 10.3. The van der Waals surface area contributed by atoms with Crippen LogP contribution in [0.25, 0.3) is 0 Å². The Hall–Kier alpha value is -0.850. The molecule has 1 N–H and O–H groups in total. The second kappa shape index (κ2) is 8.13. The number of benzene rings is 1. The molecule has 22 heavy (non-hydrogen) atoms. The average Bonchev–Trinajstić information content (AvgIpc) is 2.93. The standard InChI is InChI=1S/C17H24FN3.HI/c1-19-17(20-10-13-6-8-16(18)9-7-13)21-11-14-4-2-3-5-15(14)12-21;/h6-9,14-15H,2-5,10-12H2,1H3,(H,19,20);1H. The molecule has 1 aliphatic heterocycles. The van der Waals surface area contributed by atoms with Crippen molar-refractivity contribution in [3.8, 4) is 0 Å². The molecular formula is C17H25FIN3. The van der Waals surface area contributed by atoms with E-state index in [-0.39, 0.29) is 29.8 Å². The van der Waals surface area contributed by atoms with Crippen molar-refractivity contribution in [3.05, 3.63) is 35.6 Å². The first-order valence-corrected chi connectivity index (χ1v) is 7.96. The van der Waals surface area contributed by atoms with Crippen LogP contribution < -0.4 is 5.32 Å². The van der Waals surface area contributed by atoms with Gasteiger partial charge in [0.15, 0.2) is 5.96 Å². The molecule has 2 unspecified atom stereocenters. The molecule has 3 nitrogen and oxygen atoms in total. The predicted molar refractivity (Wildman–Crippen MR) is 99.0 cm³/mol. The van der Waals surface area contributed by atoms with Crippen molar-refractivity contribution in [2.75, 3.05) is 20.1 Å². The van der Waals surface area contributed by atoms with Crippen molar-refractivity contribution in [1.29, 1.82) is 0 Å². The molecule has 0 radical (unpaired) electrons. The third kappa shape index (κ3) is 4.12. The van der Waals surface area contributed by atoms with Crippen LogP contribution in [0.2, 0.25) is 0 Å². The molecule has 122 valence electrons. The highest BCUT2D eigenvalue weighted by molar-refractivity contribution is 14.0. The van der Waals surface area contributed by atoms with Crippen LogP contribution in [0.3, 0.4) is 0 Å². The lowest BCUT2D eigenvalue weighted by Gasteiger charge is -2.22. The molecule has 1 saturated heterocycles. The summed E-state index contributed by atoms with van der Waals surface area (Å²) in [6.07, 6.45) is 5.51. The predicted octanol–water partition coefficient (Wildman–Crippen LogP) is 3.64. The van der Waals surface area contributed by atoms with E-state index in [2.05, 4.69) is 15.2 Å². The Labute approximate surface area is 149 Å². The third-order valence-electron chi connectivity index (χ3n) is 4.85. The van der Waals surface area contributed by atoms with Crippen LogP contribution in [0.15, 0.2) is 29.3 Å². The number of rotatable bonds is 2. The van der Waals surface area contributed by atoms with Crippen molar-refractivity contribution >= 4 is 29.9 Å². The molecule has 2 aliphatic rings. The maximum Gasteiger partial charge on any atom is 0.193 e. The van der Waals surface area contributed by atoms with Gasteiger partial charge < -0.3 is 10.2 Å². The second-order valence-corrected chi connectivity index (χ2v) is 6.24. The van der Waals surface area contributed by atoms with E-state index in [0.29, 0.717) is 6.54 Å². The smallest absolute Gasteiger partial charge is 0.193 e. The lowest BCUT2D eigenvalue weighted by molar-refractivity contribution is 0.299. The fourth-order valence-corrected chi connectivity index (χ4v) is 3.69. The molecule has 0 amide bonds.